The summed E-state index contributed by atoms with van der Waals surface area (Å²) in [5.74, 6) is 3.96. The third-order valence-electron chi connectivity index (χ3n) is 2.77. The van der Waals surface area contributed by atoms with Gasteiger partial charge in [-0.3, -0.25) is 4.79 Å². The number of amides is 1. The van der Waals surface area contributed by atoms with Gasteiger partial charge in [-0.05, 0) is 31.5 Å². The van der Waals surface area contributed by atoms with E-state index in [9.17, 15) is 9.18 Å². The quantitative estimate of drug-likeness (QED) is 0.791. The fourth-order valence-electron chi connectivity index (χ4n) is 1.74. The molecule has 0 saturated carbocycles. The van der Waals surface area contributed by atoms with Gasteiger partial charge in [-0.1, -0.05) is 11.8 Å². The average Bonchev–Trinajstić information content (AvgIpc) is 2.45. The molecule has 0 bridgehead atoms. The SMILES string of the molecule is CCN(CCCO)C(=O)c1ccc(C#CCO)cc1F. The van der Waals surface area contributed by atoms with Crippen LogP contribution in [0, 0.1) is 17.7 Å². The number of nitrogens with zero attached hydrogens (tertiary/aromatic N) is 1. The van der Waals surface area contributed by atoms with Gasteiger partial charge in [-0.25, -0.2) is 4.39 Å². The molecule has 0 atom stereocenters. The normalized spacial score (nSPS) is 9.80. The number of carbonyl (C=O) groups excluding carboxylic acids is 1. The Kier molecular flexibility index (Phi) is 6.71. The molecule has 0 spiro atoms. The van der Waals surface area contributed by atoms with Crippen molar-refractivity contribution in [3.63, 3.8) is 0 Å². The van der Waals surface area contributed by atoms with Gasteiger partial charge in [0.2, 0.25) is 0 Å². The number of hydrogen-bond acceptors (Lipinski definition) is 3. The Morgan fingerprint density at radius 3 is 2.70 bits per heavy atom. The number of carbonyl (C=O) groups is 1. The van der Waals surface area contributed by atoms with E-state index in [1.807, 2.05) is 0 Å². The summed E-state index contributed by atoms with van der Waals surface area (Å²) in [5.41, 5.74) is 0.394. The Balaban J connectivity index is 2.92. The van der Waals surface area contributed by atoms with Crippen LogP contribution in [0.1, 0.15) is 29.3 Å². The lowest BCUT2D eigenvalue weighted by molar-refractivity contribution is 0.0749. The number of aliphatic hydroxyl groups excluding tert-OH is 2. The largest absolute Gasteiger partial charge is 0.396 e. The van der Waals surface area contributed by atoms with Crippen molar-refractivity contribution in [1.29, 1.82) is 0 Å². The Labute approximate surface area is 117 Å². The molecule has 1 aromatic rings. The van der Waals surface area contributed by atoms with Crippen molar-refractivity contribution in [3.05, 3.63) is 35.1 Å². The first-order valence-electron chi connectivity index (χ1n) is 6.43. The van der Waals surface area contributed by atoms with Crippen LogP contribution in [0.15, 0.2) is 18.2 Å². The average molecular weight is 279 g/mol. The number of hydrogen-bond donors (Lipinski definition) is 2. The van der Waals surface area contributed by atoms with Crippen LogP contribution in [0.4, 0.5) is 4.39 Å². The van der Waals surface area contributed by atoms with Gasteiger partial charge in [0.15, 0.2) is 0 Å². The molecule has 0 unspecified atom stereocenters. The van der Waals surface area contributed by atoms with Gasteiger partial charge >= 0.3 is 0 Å². The lowest BCUT2D eigenvalue weighted by Crippen LogP contribution is -2.32. The zero-order valence-corrected chi connectivity index (χ0v) is 11.4. The lowest BCUT2D eigenvalue weighted by atomic mass is 10.1. The second-order valence-electron chi connectivity index (χ2n) is 4.12. The van der Waals surface area contributed by atoms with Crippen LogP contribution in [0.3, 0.4) is 0 Å². The summed E-state index contributed by atoms with van der Waals surface area (Å²) < 4.78 is 13.9. The molecule has 4 nitrogen and oxygen atoms in total. The predicted molar refractivity (Wildman–Crippen MR) is 73.6 cm³/mol. The molecule has 5 heteroatoms. The summed E-state index contributed by atoms with van der Waals surface area (Å²) >= 11 is 0. The first-order valence-corrected chi connectivity index (χ1v) is 6.43. The van der Waals surface area contributed by atoms with Crippen LogP contribution in [0.2, 0.25) is 0 Å². The molecule has 0 aliphatic rings. The Bertz CT molecular complexity index is 520. The van der Waals surface area contributed by atoms with Crippen LogP contribution in [0.25, 0.3) is 0 Å². The summed E-state index contributed by atoms with van der Waals surface area (Å²) in [4.78, 5) is 13.6. The van der Waals surface area contributed by atoms with Crippen molar-refractivity contribution < 1.29 is 19.4 Å². The van der Waals surface area contributed by atoms with Gasteiger partial charge in [-0.15, -0.1) is 0 Å². The van der Waals surface area contributed by atoms with Crippen LogP contribution >= 0.6 is 0 Å². The predicted octanol–water partition coefficient (Wildman–Crippen LogP) is 1.01. The zero-order chi connectivity index (χ0) is 15.0. The van der Waals surface area contributed by atoms with Gasteiger partial charge in [-0.2, -0.15) is 0 Å². The molecule has 0 aliphatic carbocycles. The molecule has 2 N–H and O–H groups in total. The highest BCUT2D eigenvalue weighted by atomic mass is 19.1. The first kappa shape index (κ1) is 16.2. The third kappa shape index (κ3) is 4.34. The van der Waals surface area contributed by atoms with Gasteiger partial charge in [0.05, 0.1) is 5.56 Å². The molecule has 20 heavy (non-hydrogen) atoms. The summed E-state index contributed by atoms with van der Waals surface area (Å²) in [7, 11) is 0. The molecule has 0 aromatic heterocycles. The molecule has 0 saturated heterocycles. The van der Waals surface area contributed by atoms with E-state index in [1.54, 1.807) is 13.0 Å². The molecule has 0 aliphatic heterocycles. The van der Waals surface area contributed by atoms with Gasteiger partial charge in [0, 0.05) is 25.3 Å². The topological polar surface area (TPSA) is 60.8 Å². The fourth-order valence-corrected chi connectivity index (χ4v) is 1.74. The standard InChI is InChI=1S/C15H18FNO3/c1-2-17(8-4-10-19)15(20)13-7-6-12(5-3-9-18)11-14(13)16/h6-7,11,18-19H,2,4,8-10H2,1H3. The van der Waals surface area contributed by atoms with E-state index in [0.717, 1.165) is 0 Å². The van der Waals surface area contributed by atoms with Crippen molar-refractivity contribution in [2.45, 2.75) is 13.3 Å². The minimum absolute atomic E-state index is 0.0120. The van der Waals surface area contributed by atoms with Crippen molar-refractivity contribution in [2.75, 3.05) is 26.3 Å². The minimum Gasteiger partial charge on any atom is -0.396 e. The molecule has 1 rings (SSSR count). The second kappa shape index (κ2) is 8.31. The van der Waals surface area contributed by atoms with Crippen LogP contribution in [-0.4, -0.2) is 47.3 Å². The van der Waals surface area contributed by atoms with Crippen LogP contribution in [0.5, 0.6) is 0 Å². The third-order valence-corrected chi connectivity index (χ3v) is 2.77. The van der Waals surface area contributed by atoms with E-state index in [2.05, 4.69) is 11.8 Å². The maximum absolute atomic E-state index is 13.9. The van der Waals surface area contributed by atoms with Crippen molar-refractivity contribution in [1.82, 2.24) is 4.90 Å². The number of halogens is 1. The van der Waals surface area contributed by atoms with Crippen molar-refractivity contribution in [3.8, 4) is 11.8 Å². The lowest BCUT2D eigenvalue weighted by Gasteiger charge is -2.20. The fraction of sp³-hybridized carbons (Fsp3) is 0.400. The maximum Gasteiger partial charge on any atom is 0.256 e. The van der Waals surface area contributed by atoms with Gasteiger partial charge in [0.25, 0.3) is 5.91 Å². The van der Waals surface area contributed by atoms with E-state index in [0.29, 0.717) is 25.1 Å². The van der Waals surface area contributed by atoms with E-state index >= 15 is 0 Å². The van der Waals surface area contributed by atoms with Crippen molar-refractivity contribution >= 4 is 5.91 Å². The van der Waals surface area contributed by atoms with E-state index in [-0.39, 0.29) is 18.8 Å². The molecular weight excluding hydrogens is 261 g/mol. The minimum atomic E-state index is -0.637. The van der Waals surface area contributed by atoms with E-state index < -0.39 is 11.7 Å². The van der Waals surface area contributed by atoms with Crippen LogP contribution < -0.4 is 0 Å². The summed E-state index contributed by atoms with van der Waals surface area (Å²) in [5, 5.41) is 17.4. The summed E-state index contributed by atoms with van der Waals surface area (Å²) in [6.45, 7) is 2.32. The summed E-state index contributed by atoms with van der Waals surface area (Å²) in [6.07, 6.45) is 0.460. The Morgan fingerprint density at radius 2 is 2.15 bits per heavy atom. The highest BCUT2D eigenvalue weighted by Gasteiger charge is 2.17. The molecule has 1 aromatic carbocycles. The Hall–Kier alpha value is -1.90. The highest BCUT2D eigenvalue weighted by molar-refractivity contribution is 5.94. The van der Waals surface area contributed by atoms with Gasteiger partial charge in [0.1, 0.15) is 12.4 Å². The zero-order valence-electron chi connectivity index (χ0n) is 11.4. The van der Waals surface area contributed by atoms with Crippen LogP contribution in [-0.2, 0) is 0 Å². The first-order chi connectivity index (χ1) is 9.63. The van der Waals surface area contributed by atoms with Gasteiger partial charge < -0.3 is 15.1 Å². The molecule has 0 radical (unpaired) electrons. The number of benzene rings is 1. The summed E-state index contributed by atoms with van der Waals surface area (Å²) in [6, 6.07) is 4.11. The molecular formula is C15H18FNO3. The smallest absolute Gasteiger partial charge is 0.256 e. The maximum atomic E-state index is 13.9. The monoisotopic (exact) mass is 279 g/mol. The van der Waals surface area contributed by atoms with E-state index in [4.69, 9.17) is 10.2 Å². The van der Waals surface area contributed by atoms with Crippen molar-refractivity contribution in [2.24, 2.45) is 0 Å². The number of rotatable bonds is 5. The molecule has 108 valence electrons. The Morgan fingerprint density at radius 1 is 1.40 bits per heavy atom. The molecule has 0 heterocycles. The van der Waals surface area contributed by atoms with E-state index in [1.165, 1.54) is 17.0 Å². The second-order valence-corrected chi connectivity index (χ2v) is 4.12. The number of aliphatic hydroxyl groups is 2. The molecule has 0 fully saturated rings. The molecule has 1 amide bonds. The highest BCUT2D eigenvalue weighted by Crippen LogP contribution is 2.13.